The molecule has 17 heavy (non-hydrogen) atoms. The third kappa shape index (κ3) is 1.71. The van der Waals surface area contributed by atoms with Crippen LogP contribution in [0.1, 0.15) is 4.88 Å². The van der Waals surface area contributed by atoms with Crippen LogP contribution in [-0.2, 0) is 0 Å². The lowest BCUT2D eigenvalue weighted by molar-refractivity contribution is 0.430. The second-order valence-electron chi connectivity index (χ2n) is 3.37. The molecule has 3 aromatic heterocycles. The van der Waals surface area contributed by atoms with Gasteiger partial charge >= 0.3 is 0 Å². The molecule has 0 amide bonds. The second-order valence-corrected chi connectivity index (χ2v) is 5.31. The number of aryl methyl sites for hydroxylation is 1. The summed E-state index contributed by atoms with van der Waals surface area (Å²) in [5, 5.41) is 5.24. The van der Waals surface area contributed by atoms with E-state index < -0.39 is 0 Å². The molecule has 7 heteroatoms. The summed E-state index contributed by atoms with van der Waals surface area (Å²) in [4.78, 5) is 10.2. The van der Waals surface area contributed by atoms with Crippen LogP contribution in [0.4, 0.5) is 0 Å². The molecule has 0 spiro atoms. The summed E-state index contributed by atoms with van der Waals surface area (Å²) in [7, 11) is 0. The van der Waals surface area contributed by atoms with E-state index in [4.69, 9.17) is 27.7 Å². The molecule has 0 unspecified atom stereocenters. The molecular formula is C10H5Cl2N3OS. The molecule has 0 saturated heterocycles. The van der Waals surface area contributed by atoms with Crippen molar-refractivity contribution >= 4 is 44.8 Å². The Morgan fingerprint density at radius 2 is 2.12 bits per heavy atom. The molecule has 0 aromatic carbocycles. The van der Waals surface area contributed by atoms with E-state index in [-0.39, 0.29) is 0 Å². The number of fused-ring (bicyclic) bond motifs is 1. The highest BCUT2D eigenvalue weighted by Gasteiger charge is 2.16. The first-order valence-corrected chi connectivity index (χ1v) is 6.27. The molecule has 0 N–H and O–H groups in total. The van der Waals surface area contributed by atoms with Gasteiger partial charge in [-0.3, -0.25) is 0 Å². The minimum atomic E-state index is 0.329. The van der Waals surface area contributed by atoms with Crippen molar-refractivity contribution in [3.8, 4) is 11.6 Å². The molecule has 0 aliphatic carbocycles. The number of nitrogens with zero attached hydrogens (tertiary/aromatic N) is 3. The number of aromatic nitrogens is 3. The summed E-state index contributed by atoms with van der Waals surface area (Å²) in [5.41, 5.74) is 0. The van der Waals surface area contributed by atoms with Gasteiger partial charge in [-0.1, -0.05) is 28.4 Å². The molecule has 0 aliphatic heterocycles. The topological polar surface area (TPSA) is 51.8 Å². The normalized spacial score (nSPS) is 11.2. The Morgan fingerprint density at radius 1 is 1.29 bits per heavy atom. The van der Waals surface area contributed by atoms with Crippen LogP contribution >= 0.6 is 34.5 Å². The lowest BCUT2D eigenvalue weighted by Crippen LogP contribution is -1.88. The van der Waals surface area contributed by atoms with Crippen molar-refractivity contribution in [3.05, 3.63) is 27.3 Å². The van der Waals surface area contributed by atoms with E-state index in [9.17, 15) is 0 Å². The van der Waals surface area contributed by atoms with Gasteiger partial charge in [0.05, 0.1) is 16.6 Å². The largest absolute Gasteiger partial charge is 0.353 e. The minimum Gasteiger partial charge on any atom is -0.353 e. The van der Waals surface area contributed by atoms with E-state index in [1.165, 1.54) is 17.5 Å². The summed E-state index contributed by atoms with van der Waals surface area (Å²) >= 11 is 13.7. The van der Waals surface area contributed by atoms with Gasteiger partial charge in [-0.2, -0.15) is 0 Å². The van der Waals surface area contributed by atoms with Crippen LogP contribution in [0.2, 0.25) is 10.2 Å². The van der Waals surface area contributed by atoms with E-state index in [0.717, 1.165) is 9.71 Å². The lowest BCUT2D eigenvalue weighted by atomic mass is 10.3. The monoisotopic (exact) mass is 285 g/mol. The Labute approximate surface area is 110 Å². The standard InChI is InChI=1S/C10H5Cl2N3OS/c1-4-7(11)6-8(12)14-9(15-10(6)17-4)5-2-3-13-16-5/h2-3H,1H3. The van der Waals surface area contributed by atoms with Crippen LogP contribution in [-0.4, -0.2) is 15.1 Å². The first-order chi connectivity index (χ1) is 8.16. The van der Waals surface area contributed by atoms with Gasteiger partial charge in [-0.05, 0) is 6.92 Å². The van der Waals surface area contributed by atoms with Gasteiger partial charge in [0.1, 0.15) is 9.98 Å². The Balaban J connectivity index is 2.32. The fourth-order valence-corrected chi connectivity index (χ4v) is 3.11. The van der Waals surface area contributed by atoms with Crippen LogP contribution in [0.5, 0.6) is 0 Å². The molecule has 0 saturated carbocycles. The van der Waals surface area contributed by atoms with Crippen LogP contribution in [0.25, 0.3) is 21.8 Å². The van der Waals surface area contributed by atoms with Gasteiger partial charge in [0.2, 0.25) is 11.6 Å². The summed E-state index contributed by atoms with van der Waals surface area (Å²) in [6.45, 7) is 1.92. The SMILES string of the molecule is Cc1sc2nc(-c3ccno3)nc(Cl)c2c1Cl. The van der Waals surface area contributed by atoms with Gasteiger partial charge in [-0.25, -0.2) is 9.97 Å². The maximum atomic E-state index is 6.13. The molecule has 0 atom stereocenters. The molecule has 0 fully saturated rings. The molecule has 3 aromatic rings. The minimum absolute atomic E-state index is 0.329. The Bertz CT molecular complexity index is 693. The Hall–Kier alpha value is -1.17. The average molecular weight is 286 g/mol. The summed E-state index contributed by atoms with van der Waals surface area (Å²) in [5.74, 6) is 0.897. The van der Waals surface area contributed by atoms with Crippen molar-refractivity contribution < 1.29 is 4.52 Å². The zero-order chi connectivity index (χ0) is 12.0. The van der Waals surface area contributed by atoms with E-state index in [2.05, 4.69) is 15.1 Å². The zero-order valence-electron chi connectivity index (χ0n) is 8.57. The zero-order valence-corrected chi connectivity index (χ0v) is 10.9. The van der Waals surface area contributed by atoms with Crippen molar-refractivity contribution in [3.63, 3.8) is 0 Å². The van der Waals surface area contributed by atoms with Crippen molar-refractivity contribution in [2.24, 2.45) is 0 Å². The average Bonchev–Trinajstić information content (AvgIpc) is 2.88. The van der Waals surface area contributed by atoms with Crippen LogP contribution in [0.15, 0.2) is 16.8 Å². The van der Waals surface area contributed by atoms with Crippen LogP contribution in [0, 0.1) is 6.92 Å². The number of halogens is 2. The fraction of sp³-hybridized carbons (Fsp3) is 0.100. The van der Waals surface area contributed by atoms with E-state index >= 15 is 0 Å². The molecule has 3 heterocycles. The number of hydrogen-bond acceptors (Lipinski definition) is 5. The molecule has 4 nitrogen and oxygen atoms in total. The van der Waals surface area contributed by atoms with Crippen molar-refractivity contribution in [2.75, 3.05) is 0 Å². The first kappa shape index (κ1) is 11.0. The summed E-state index contributed by atoms with van der Waals surface area (Å²) < 4.78 is 5.00. The van der Waals surface area contributed by atoms with E-state index in [0.29, 0.717) is 27.1 Å². The quantitative estimate of drug-likeness (QED) is 0.635. The van der Waals surface area contributed by atoms with E-state index in [1.807, 2.05) is 6.92 Å². The van der Waals surface area contributed by atoms with Gasteiger partial charge in [0, 0.05) is 10.9 Å². The van der Waals surface area contributed by atoms with Gasteiger partial charge < -0.3 is 4.52 Å². The number of thiophene rings is 1. The first-order valence-electron chi connectivity index (χ1n) is 4.70. The van der Waals surface area contributed by atoms with Gasteiger partial charge in [0.15, 0.2) is 0 Å². The molecule has 0 aliphatic rings. The van der Waals surface area contributed by atoms with Crippen molar-refractivity contribution in [2.45, 2.75) is 6.92 Å². The molecule has 0 bridgehead atoms. The van der Waals surface area contributed by atoms with E-state index in [1.54, 1.807) is 6.07 Å². The third-order valence-corrected chi connectivity index (χ3v) is 4.13. The van der Waals surface area contributed by atoms with Crippen LogP contribution < -0.4 is 0 Å². The fourth-order valence-electron chi connectivity index (χ4n) is 1.48. The van der Waals surface area contributed by atoms with Crippen LogP contribution in [0.3, 0.4) is 0 Å². The summed E-state index contributed by atoms with van der Waals surface area (Å²) in [6, 6.07) is 1.68. The Morgan fingerprint density at radius 3 is 2.82 bits per heavy atom. The highest BCUT2D eigenvalue weighted by Crippen LogP contribution is 2.38. The maximum absolute atomic E-state index is 6.13. The van der Waals surface area contributed by atoms with Crippen molar-refractivity contribution in [1.82, 2.24) is 15.1 Å². The van der Waals surface area contributed by atoms with Gasteiger partial charge in [0.25, 0.3) is 0 Å². The highest BCUT2D eigenvalue weighted by atomic mass is 35.5. The maximum Gasteiger partial charge on any atom is 0.204 e. The Kier molecular flexibility index (Phi) is 2.54. The molecular weight excluding hydrogens is 281 g/mol. The molecule has 0 radical (unpaired) electrons. The highest BCUT2D eigenvalue weighted by molar-refractivity contribution is 7.19. The predicted octanol–water partition coefficient (Wildman–Crippen LogP) is 3.96. The lowest BCUT2D eigenvalue weighted by Gasteiger charge is -1.97. The van der Waals surface area contributed by atoms with Gasteiger partial charge in [-0.15, -0.1) is 11.3 Å². The predicted molar refractivity (Wildman–Crippen MR) is 67.7 cm³/mol. The molecule has 3 rings (SSSR count). The number of rotatable bonds is 1. The number of hydrogen-bond donors (Lipinski definition) is 0. The molecule has 86 valence electrons. The van der Waals surface area contributed by atoms with Crippen molar-refractivity contribution in [1.29, 1.82) is 0 Å². The summed E-state index contributed by atoms with van der Waals surface area (Å²) in [6.07, 6.45) is 1.53. The second kappa shape index (κ2) is 3.94. The third-order valence-electron chi connectivity index (χ3n) is 2.27. The smallest absolute Gasteiger partial charge is 0.204 e.